The molecule has 1 unspecified atom stereocenters. The molecule has 0 radical (unpaired) electrons. The first kappa shape index (κ1) is 20.2. The van der Waals surface area contributed by atoms with Gasteiger partial charge in [0, 0.05) is 30.0 Å². The molecule has 0 fully saturated rings. The van der Waals surface area contributed by atoms with Crippen molar-refractivity contribution in [2.75, 3.05) is 6.54 Å². The Bertz CT molecular complexity index is 1240. The van der Waals surface area contributed by atoms with E-state index in [9.17, 15) is 0 Å². The first-order valence-electron chi connectivity index (χ1n) is 10.9. The lowest BCUT2D eigenvalue weighted by Crippen LogP contribution is -2.37. The fraction of sp³-hybridized carbons (Fsp3) is 0.222. The van der Waals surface area contributed by atoms with Crippen LogP contribution in [0.5, 0.6) is 5.75 Å². The van der Waals surface area contributed by atoms with Crippen LogP contribution in [0.4, 0.5) is 0 Å². The second-order valence-electron chi connectivity index (χ2n) is 8.45. The van der Waals surface area contributed by atoms with Gasteiger partial charge in [-0.2, -0.15) is 5.10 Å². The van der Waals surface area contributed by atoms with Gasteiger partial charge in [0.2, 0.25) is 0 Å². The Hall–Kier alpha value is -3.73. The molecular weight excluding hydrogens is 396 g/mol. The Labute approximate surface area is 188 Å². The number of pyridine rings is 2. The lowest BCUT2D eigenvalue weighted by molar-refractivity contribution is 0.237. The van der Waals surface area contributed by atoms with E-state index in [2.05, 4.69) is 66.5 Å². The smallest absolute Gasteiger partial charge is 0.130 e. The second kappa shape index (κ2) is 8.42. The van der Waals surface area contributed by atoms with Gasteiger partial charge < -0.3 is 4.74 Å². The Kier molecular flexibility index (Phi) is 5.31. The molecule has 160 valence electrons. The lowest BCUT2D eigenvalue weighted by Gasteiger charge is -2.30. The van der Waals surface area contributed by atoms with Crippen LogP contribution in [-0.4, -0.2) is 33.8 Å². The molecule has 1 aliphatic heterocycles. The summed E-state index contributed by atoms with van der Waals surface area (Å²) in [7, 11) is 0. The Morgan fingerprint density at radius 1 is 0.906 bits per heavy atom. The molecule has 32 heavy (non-hydrogen) atoms. The highest BCUT2D eigenvalue weighted by atomic mass is 16.5. The molecule has 0 amide bonds. The molecule has 1 aliphatic rings. The number of ether oxygens (including phenoxy) is 1. The number of rotatable bonds is 6. The van der Waals surface area contributed by atoms with Gasteiger partial charge in [-0.1, -0.05) is 36.4 Å². The molecule has 0 N–H and O–H groups in total. The summed E-state index contributed by atoms with van der Waals surface area (Å²) >= 11 is 0. The van der Waals surface area contributed by atoms with Crippen molar-refractivity contribution < 1.29 is 4.74 Å². The van der Waals surface area contributed by atoms with Crippen molar-refractivity contribution in [2.45, 2.75) is 31.9 Å². The largest absolute Gasteiger partial charge is 0.487 e. The van der Waals surface area contributed by atoms with Crippen LogP contribution in [-0.2, 0) is 12.0 Å². The summed E-state index contributed by atoms with van der Waals surface area (Å²) in [6.07, 6.45) is 5.76. The SMILES string of the molecule is CC(C)N1CC(c2ccncc2)(c2ccc(OCc3ccc4ccccc4n3)cc2)C=N1. The van der Waals surface area contributed by atoms with Crippen LogP contribution in [0.15, 0.2) is 90.3 Å². The van der Waals surface area contributed by atoms with Gasteiger partial charge in [-0.15, -0.1) is 0 Å². The first-order chi connectivity index (χ1) is 15.6. The summed E-state index contributed by atoms with van der Waals surface area (Å²) in [5.41, 5.74) is 3.97. The molecule has 0 saturated carbocycles. The molecule has 5 nitrogen and oxygen atoms in total. The third-order valence-corrected chi connectivity index (χ3v) is 6.04. The predicted molar refractivity (Wildman–Crippen MR) is 128 cm³/mol. The average Bonchev–Trinajstić information content (AvgIpc) is 3.31. The average molecular weight is 423 g/mol. The van der Waals surface area contributed by atoms with Crippen LogP contribution >= 0.6 is 0 Å². The van der Waals surface area contributed by atoms with E-state index >= 15 is 0 Å². The van der Waals surface area contributed by atoms with E-state index in [1.165, 1.54) is 11.1 Å². The fourth-order valence-electron chi connectivity index (χ4n) is 4.17. The maximum absolute atomic E-state index is 6.04. The highest BCUT2D eigenvalue weighted by molar-refractivity contribution is 5.81. The minimum Gasteiger partial charge on any atom is -0.487 e. The zero-order valence-corrected chi connectivity index (χ0v) is 18.3. The summed E-state index contributed by atoms with van der Waals surface area (Å²) < 4.78 is 6.04. The van der Waals surface area contributed by atoms with Crippen molar-refractivity contribution in [1.82, 2.24) is 15.0 Å². The second-order valence-corrected chi connectivity index (χ2v) is 8.45. The van der Waals surface area contributed by atoms with Crippen molar-refractivity contribution in [3.05, 3.63) is 102 Å². The van der Waals surface area contributed by atoms with E-state index in [-0.39, 0.29) is 5.41 Å². The maximum Gasteiger partial charge on any atom is 0.130 e. The van der Waals surface area contributed by atoms with Crippen LogP contribution in [0.25, 0.3) is 10.9 Å². The molecule has 1 atom stereocenters. The van der Waals surface area contributed by atoms with Crippen LogP contribution < -0.4 is 4.74 Å². The standard InChI is InChI=1S/C27H26N4O/c1-20(2)31-19-27(18-29-31,23-13-15-28-16-14-23)22-8-11-25(12-9-22)32-17-24-10-7-21-5-3-4-6-26(21)30-24/h3-16,18,20H,17,19H2,1-2H3. The summed E-state index contributed by atoms with van der Waals surface area (Å²) in [5.74, 6) is 0.823. The Morgan fingerprint density at radius 3 is 2.41 bits per heavy atom. The molecule has 0 spiro atoms. The number of aromatic nitrogens is 2. The third kappa shape index (κ3) is 3.82. The van der Waals surface area contributed by atoms with Crippen LogP contribution in [0.2, 0.25) is 0 Å². The number of fused-ring (bicyclic) bond motifs is 1. The quantitative estimate of drug-likeness (QED) is 0.428. The predicted octanol–water partition coefficient (Wildman–Crippen LogP) is 5.20. The topological polar surface area (TPSA) is 50.6 Å². The Balaban J connectivity index is 1.37. The Morgan fingerprint density at radius 2 is 1.66 bits per heavy atom. The number of hydrazone groups is 1. The summed E-state index contributed by atoms with van der Waals surface area (Å²) in [4.78, 5) is 8.89. The van der Waals surface area contributed by atoms with Crippen molar-refractivity contribution in [1.29, 1.82) is 0 Å². The van der Waals surface area contributed by atoms with Gasteiger partial charge in [-0.05, 0) is 61.4 Å². The van der Waals surface area contributed by atoms with Gasteiger partial charge in [0.05, 0.1) is 23.2 Å². The minimum atomic E-state index is -0.300. The van der Waals surface area contributed by atoms with Gasteiger partial charge in [0.1, 0.15) is 12.4 Å². The molecule has 5 rings (SSSR count). The van der Waals surface area contributed by atoms with Crippen LogP contribution in [0.1, 0.15) is 30.7 Å². The van der Waals surface area contributed by atoms with Gasteiger partial charge in [-0.3, -0.25) is 9.99 Å². The normalized spacial score (nSPS) is 17.9. The number of nitrogens with zero attached hydrogens (tertiary/aromatic N) is 4. The maximum atomic E-state index is 6.04. The zero-order chi connectivity index (χ0) is 22.0. The van der Waals surface area contributed by atoms with E-state index in [1.54, 1.807) is 0 Å². The van der Waals surface area contributed by atoms with Crippen LogP contribution in [0.3, 0.4) is 0 Å². The van der Waals surface area contributed by atoms with Gasteiger partial charge in [0.15, 0.2) is 0 Å². The van der Waals surface area contributed by atoms with Crippen LogP contribution in [0, 0.1) is 0 Å². The number of hydrogen-bond acceptors (Lipinski definition) is 5. The van der Waals surface area contributed by atoms with Gasteiger partial charge in [-0.25, -0.2) is 4.98 Å². The fourth-order valence-corrected chi connectivity index (χ4v) is 4.17. The highest BCUT2D eigenvalue weighted by Crippen LogP contribution is 2.36. The van der Waals surface area contributed by atoms with E-state index < -0.39 is 0 Å². The molecule has 2 aromatic carbocycles. The number of para-hydroxylation sites is 1. The van der Waals surface area contributed by atoms with Crippen molar-refractivity contribution >= 4 is 17.1 Å². The minimum absolute atomic E-state index is 0.300. The molecule has 0 aliphatic carbocycles. The number of hydrogen-bond donors (Lipinski definition) is 0. The van der Waals surface area contributed by atoms with Crippen molar-refractivity contribution in [3.8, 4) is 5.75 Å². The van der Waals surface area contributed by atoms with E-state index in [0.29, 0.717) is 12.6 Å². The third-order valence-electron chi connectivity index (χ3n) is 6.04. The van der Waals surface area contributed by atoms with Crippen molar-refractivity contribution in [2.24, 2.45) is 5.10 Å². The highest BCUT2D eigenvalue weighted by Gasteiger charge is 2.39. The zero-order valence-electron chi connectivity index (χ0n) is 18.3. The summed E-state index contributed by atoms with van der Waals surface area (Å²) in [6, 6.07) is 25.1. The molecular formula is C27H26N4O. The molecule has 2 aromatic heterocycles. The molecule has 3 heterocycles. The molecule has 0 bridgehead atoms. The van der Waals surface area contributed by atoms with Gasteiger partial charge in [0.25, 0.3) is 0 Å². The summed E-state index contributed by atoms with van der Waals surface area (Å²) in [6.45, 7) is 5.56. The monoisotopic (exact) mass is 422 g/mol. The number of benzene rings is 2. The van der Waals surface area contributed by atoms with E-state index in [0.717, 1.165) is 28.9 Å². The van der Waals surface area contributed by atoms with Crippen molar-refractivity contribution in [3.63, 3.8) is 0 Å². The molecule has 0 saturated heterocycles. The lowest BCUT2D eigenvalue weighted by atomic mass is 9.76. The summed E-state index contributed by atoms with van der Waals surface area (Å²) in [5, 5.41) is 7.98. The van der Waals surface area contributed by atoms with E-state index in [4.69, 9.17) is 14.8 Å². The van der Waals surface area contributed by atoms with E-state index in [1.807, 2.05) is 48.8 Å². The molecule has 4 aromatic rings. The molecule has 5 heteroatoms. The van der Waals surface area contributed by atoms with Gasteiger partial charge >= 0.3 is 0 Å². The first-order valence-corrected chi connectivity index (χ1v) is 10.9.